The summed E-state index contributed by atoms with van der Waals surface area (Å²) >= 11 is 11.8. The number of hydrogen-bond acceptors (Lipinski definition) is 1. The SMILES string of the molecule is FC(F)(F)Oc1cccc(-c2cc(CCl)ccc2Cl)c1. The van der Waals surface area contributed by atoms with E-state index in [0.717, 1.165) is 5.56 Å². The van der Waals surface area contributed by atoms with Crippen molar-refractivity contribution in [3.63, 3.8) is 0 Å². The number of hydrogen-bond donors (Lipinski definition) is 0. The van der Waals surface area contributed by atoms with Crippen LogP contribution in [0.4, 0.5) is 13.2 Å². The lowest BCUT2D eigenvalue weighted by Crippen LogP contribution is -2.17. The largest absolute Gasteiger partial charge is 0.573 e. The molecule has 2 aromatic rings. The molecular formula is C14H9Cl2F3O. The summed E-state index contributed by atoms with van der Waals surface area (Å²) in [6, 6.07) is 10.8. The molecule has 0 atom stereocenters. The van der Waals surface area contributed by atoms with Crippen LogP contribution in [0.25, 0.3) is 11.1 Å². The summed E-state index contributed by atoms with van der Waals surface area (Å²) in [6.45, 7) is 0. The smallest absolute Gasteiger partial charge is 0.406 e. The van der Waals surface area contributed by atoms with Crippen LogP contribution in [0.3, 0.4) is 0 Å². The zero-order valence-corrected chi connectivity index (χ0v) is 11.6. The van der Waals surface area contributed by atoms with Gasteiger partial charge >= 0.3 is 6.36 Å². The van der Waals surface area contributed by atoms with Crippen LogP contribution in [0.5, 0.6) is 5.75 Å². The Morgan fingerprint density at radius 1 is 1.05 bits per heavy atom. The summed E-state index contributed by atoms with van der Waals surface area (Å²) in [5.74, 6) is 0.00506. The molecule has 20 heavy (non-hydrogen) atoms. The maximum absolute atomic E-state index is 12.2. The topological polar surface area (TPSA) is 9.23 Å². The first-order valence-electron chi connectivity index (χ1n) is 5.59. The fourth-order valence-electron chi connectivity index (χ4n) is 1.74. The molecule has 0 saturated heterocycles. The highest BCUT2D eigenvalue weighted by Crippen LogP contribution is 2.32. The first-order valence-corrected chi connectivity index (χ1v) is 6.51. The Hall–Kier alpha value is -1.39. The van der Waals surface area contributed by atoms with Crippen LogP contribution in [0, 0.1) is 0 Å². The van der Waals surface area contributed by atoms with Crippen molar-refractivity contribution in [2.75, 3.05) is 0 Å². The van der Waals surface area contributed by atoms with Gasteiger partial charge < -0.3 is 4.74 Å². The summed E-state index contributed by atoms with van der Waals surface area (Å²) < 4.78 is 40.5. The van der Waals surface area contributed by atoms with Gasteiger partial charge in [0, 0.05) is 16.5 Å². The van der Waals surface area contributed by atoms with Gasteiger partial charge in [-0.1, -0.05) is 29.8 Å². The molecule has 6 heteroatoms. The average molecular weight is 321 g/mol. The van der Waals surface area contributed by atoms with Gasteiger partial charge in [0.15, 0.2) is 0 Å². The van der Waals surface area contributed by atoms with Crippen LogP contribution in [-0.2, 0) is 5.88 Å². The molecule has 0 aromatic heterocycles. The Kier molecular flexibility index (Phi) is 4.45. The van der Waals surface area contributed by atoms with E-state index in [1.807, 2.05) is 0 Å². The highest BCUT2D eigenvalue weighted by atomic mass is 35.5. The second kappa shape index (κ2) is 5.94. The van der Waals surface area contributed by atoms with Gasteiger partial charge in [-0.3, -0.25) is 0 Å². The highest BCUT2D eigenvalue weighted by molar-refractivity contribution is 6.33. The Morgan fingerprint density at radius 3 is 2.45 bits per heavy atom. The lowest BCUT2D eigenvalue weighted by molar-refractivity contribution is -0.274. The number of halogens is 5. The van der Waals surface area contributed by atoms with Crippen molar-refractivity contribution < 1.29 is 17.9 Å². The Bertz CT molecular complexity index is 612. The third-order valence-corrected chi connectivity index (χ3v) is 3.20. The van der Waals surface area contributed by atoms with Crippen molar-refractivity contribution in [2.24, 2.45) is 0 Å². The van der Waals surface area contributed by atoms with E-state index in [2.05, 4.69) is 4.74 Å². The zero-order valence-electron chi connectivity index (χ0n) is 10.0. The van der Waals surface area contributed by atoms with Crippen molar-refractivity contribution in [2.45, 2.75) is 12.2 Å². The maximum Gasteiger partial charge on any atom is 0.573 e. The molecule has 0 N–H and O–H groups in total. The van der Waals surface area contributed by atoms with Crippen molar-refractivity contribution in [3.05, 3.63) is 53.1 Å². The van der Waals surface area contributed by atoms with E-state index in [4.69, 9.17) is 23.2 Å². The van der Waals surface area contributed by atoms with Crippen molar-refractivity contribution in [1.29, 1.82) is 0 Å². The molecule has 1 nitrogen and oxygen atoms in total. The van der Waals surface area contributed by atoms with Gasteiger partial charge in [-0.25, -0.2) is 0 Å². The minimum absolute atomic E-state index is 0.289. The molecule has 0 aliphatic rings. The fourth-order valence-corrected chi connectivity index (χ4v) is 2.13. The molecule has 0 radical (unpaired) electrons. The predicted octanol–water partition coefficient (Wildman–Crippen LogP) is 5.64. The molecular weight excluding hydrogens is 312 g/mol. The number of rotatable bonds is 3. The van der Waals surface area contributed by atoms with Gasteiger partial charge in [0.2, 0.25) is 0 Å². The van der Waals surface area contributed by atoms with E-state index in [1.165, 1.54) is 18.2 Å². The van der Waals surface area contributed by atoms with Crippen molar-refractivity contribution in [1.82, 2.24) is 0 Å². The van der Waals surface area contributed by atoms with Crippen LogP contribution in [-0.4, -0.2) is 6.36 Å². The second-order valence-electron chi connectivity index (χ2n) is 4.02. The first kappa shape index (κ1) is 15.0. The molecule has 0 saturated carbocycles. The van der Waals surface area contributed by atoms with Gasteiger partial charge in [-0.2, -0.15) is 0 Å². The van der Waals surface area contributed by atoms with E-state index in [1.54, 1.807) is 24.3 Å². The number of alkyl halides is 4. The Labute approximate surface area is 123 Å². The van der Waals surface area contributed by atoms with Crippen LogP contribution in [0.2, 0.25) is 5.02 Å². The molecule has 0 bridgehead atoms. The van der Waals surface area contributed by atoms with E-state index in [-0.39, 0.29) is 5.75 Å². The summed E-state index contributed by atoms with van der Waals surface area (Å²) in [5.41, 5.74) is 1.97. The molecule has 106 valence electrons. The summed E-state index contributed by atoms with van der Waals surface area (Å²) in [5, 5.41) is 0.433. The monoisotopic (exact) mass is 320 g/mol. The third kappa shape index (κ3) is 3.81. The third-order valence-electron chi connectivity index (χ3n) is 2.56. The van der Waals surface area contributed by atoms with Crippen LogP contribution in [0.1, 0.15) is 5.56 Å². The molecule has 0 amide bonds. The lowest BCUT2D eigenvalue weighted by Gasteiger charge is -2.11. The minimum Gasteiger partial charge on any atom is -0.406 e. The lowest BCUT2D eigenvalue weighted by atomic mass is 10.0. The molecule has 0 unspecified atom stereocenters. The molecule has 0 aliphatic heterocycles. The van der Waals surface area contributed by atoms with Gasteiger partial charge in [0.25, 0.3) is 0 Å². The standard InChI is InChI=1S/C14H9Cl2F3O/c15-8-9-4-5-13(16)12(6-9)10-2-1-3-11(7-10)20-14(17,18)19/h1-7H,8H2. The van der Waals surface area contributed by atoms with E-state index >= 15 is 0 Å². The molecule has 0 spiro atoms. The molecule has 0 heterocycles. The van der Waals surface area contributed by atoms with Gasteiger partial charge in [0.1, 0.15) is 5.75 Å². The van der Waals surface area contributed by atoms with E-state index in [9.17, 15) is 13.2 Å². The van der Waals surface area contributed by atoms with Crippen LogP contribution in [0.15, 0.2) is 42.5 Å². The molecule has 0 fully saturated rings. The number of benzene rings is 2. The maximum atomic E-state index is 12.2. The Balaban J connectivity index is 2.40. The Morgan fingerprint density at radius 2 is 1.80 bits per heavy atom. The van der Waals surface area contributed by atoms with Crippen molar-refractivity contribution >= 4 is 23.2 Å². The van der Waals surface area contributed by atoms with Gasteiger partial charge in [-0.05, 0) is 35.4 Å². The quantitative estimate of drug-likeness (QED) is 0.664. The fraction of sp³-hybridized carbons (Fsp3) is 0.143. The highest BCUT2D eigenvalue weighted by Gasteiger charge is 2.31. The van der Waals surface area contributed by atoms with Crippen LogP contribution >= 0.6 is 23.2 Å². The zero-order chi connectivity index (χ0) is 14.8. The summed E-state index contributed by atoms with van der Waals surface area (Å²) in [4.78, 5) is 0. The van der Waals surface area contributed by atoms with E-state index < -0.39 is 6.36 Å². The second-order valence-corrected chi connectivity index (χ2v) is 4.70. The number of ether oxygens (including phenoxy) is 1. The summed E-state index contributed by atoms with van der Waals surface area (Å²) in [6.07, 6.45) is -4.72. The average Bonchev–Trinajstić information content (AvgIpc) is 2.37. The van der Waals surface area contributed by atoms with Crippen molar-refractivity contribution in [3.8, 4) is 16.9 Å². The molecule has 0 aliphatic carbocycles. The minimum atomic E-state index is -4.72. The molecule has 2 rings (SSSR count). The summed E-state index contributed by atoms with van der Waals surface area (Å²) in [7, 11) is 0. The molecule has 2 aromatic carbocycles. The normalized spacial score (nSPS) is 11.4. The van der Waals surface area contributed by atoms with Gasteiger partial charge in [0.05, 0.1) is 0 Å². The van der Waals surface area contributed by atoms with Gasteiger partial charge in [-0.15, -0.1) is 24.8 Å². The van der Waals surface area contributed by atoms with E-state index in [0.29, 0.717) is 22.0 Å². The van der Waals surface area contributed by atoms with Crippen LogP contribution < -0.4 is 4.74 Å². The first-order chi connectivity index (χ1) is 9.39. The predicted molar refractivity (Wildman–Crippen MR) is 73.1 cm³/mol.